The monoisotopic (exact) mass is 257 g/mol. The van der Waals surface area contributed by atoms with Gasteiger partial charge in [0.15, 0.2) is 0 Å². The maximum atomic E-state index is 6.02. The third kappa shape index (κ3) is 2.69. The van der Waals surface area contributed by atoms with Gasteiger partial charge in [0.1, 0.15) is 11.6 Å². The molecule has 4 nitrogen and oxygen atoms in total. The van der Waals surface area contributed by atoms with Crippen molar-refractivity contribution in [1.29, 1.82) is 0 Å². The van der Waals surface area contributed by atoms with Crippen LogP contribution in [0.3, 0.4) is 0 Å². The van der Waals surface area contributed by atoms with Crippen LogP contribution in [0.5, 0.6) is 5.75 Å². The van der Waals surface area contributed by atoms with Gasteiger partial charge in [-0.1, -0.05) is 12.1 Å². The SMILES string of the molecule is CNC(c1cccc(OC)c1)c1c(C)ccnc1N. The molecule has 2 rings (SSSR count). The highest BCUT2D eigenvalue weighted by Crippen LogP contribution is 2.29. The lowest BCUT2D eigenvalue weighted by molar-refractivity contribution is 0.414. The van der Waals surface area contributed by atoms with E-state index in [1.165, 1.54) is 0 Å². The molecule has 0 fully saturated rings. The summed E-state index contributed by atoms with van der Waals surface area (Å²) in [6.45, 7) is 2.04. The molecule has 0 aliphatic heterocycles. The Morgan fingerprint density at radius 2 is 2.11 bits per heavy atom. The molecule has 0 bridgehead atoms. The summed E-state index contributed by atoms with van der Waals surface area (Å²) >= 11 is 0. The first-order chi connectivity index (χ1) is 9.17. The molecule has 1 aromatic heterocycles. The Hall–Kier alpha value is -2.07. The van der Waals surface area contributed by atoms with E-state index in [-0.39, 0.29) is 6.04 Å². The average Bonchev–Trinajstić information content (AvgIpc) is 2.43. The number of aryl methyl sites for hydroxylation is 1. The molecule has 0 spiro atoms. The van der Waals surface area contributed by atoms with Gasteiger partial charge in [-0.05, 0) is 43.3 Å². The topological polar surface area (TPSA) is 60.2 Å². The maximum Gasteiger partial charge on any atom is 0.128 e. The number of nitrogens with zero attached hydrogens (tertiary/aromatic N) is 1. The number of ether oxygens (including phenoxy) is 1. The van der Waals surface area contributed by atoms with Gasteiger partial charge in [0, 0.05) is 11.8 Å². The fraction of sp³-hybridized carbons (Fsp3) is 0.267. The predicted molar refractivity (Wildman–Crippen MR) is 77.3 cm³/mol. The zero-order chi connectivity index (χ0) is 13.8. The number of aromatic nitrogens is 1. The summed E-state index contributed by atoms with van der Waals surface area (Å²) < 4.78 is 5.27. The van der Waals surface area contributed by atoms with Gasteiger partial charge in [0.05, 0.1) is 13.2 Å². The van der Waals surface area contributed by atoms with Crippen LogP contribution in [0.1, 0.15) is 22.7 Å². The van der Waals surface area contributed by atoms with Gasteiger partial charge >= 0.3 is 0 Å². The van der Waals surface area contributed by atoms with Crippen LogP contribution in [0.2, 0.25) is 0 Å². The summed E-state index contributed by atoms with van der Waals surface area (Å²) in [5.74, 6) is 1.39. The molecule has 19 heavy (non-hydrogen) atoms. The van der Waals surface area contributed by atoms with Crippen LogP contribution in [0, 0.1) is 6.92 Å². The van der Waals surface area contributed by atoms with Crippen molar-refractivity contribution in [3.05, 3.63) is 53.2 Å². The van der Waals surface area contributed by atoms with Gasteiger partial charge in [-0.15, -0.1) is 0 Å². The fourth-order valence-corrected chi connectivity index (χ4v) is 2.27. The third-order valence-corrected chi connectivity index (χ3v) is 3.24. The van der Waals surface area contributed by atoms with Gasteiger partial charge in [-0.2, -0.15) is 0 Å². The van der Waals surface area contributed by atoms with Crippen molar-refractivity contribution in [3.8, 4) is 5.75 Å². The second-order valence-electron chi connectivity index (χ2n) is 4.43. The Bertz CT molecular complexity index is 549. The predicted octanol–water partition coefficient (Wildman–Crippen LogP) is 2.29. The summed E-state index contributed by atoms with van der Waals surface area (Å²) in [5, 5.41) is 3.29. The number of nitrogens with two attached hydrogens (primary N) is 1. The van der Waals surface area contributed by atoms with Crippen molar-refractivity contribution in [2.45, 2.75) is 13.0 Å². The van der Waals surface area contributed by atoms with Crippen LogP contribution < -0.4 is 15.8 Å². The largest absolute Gasteiger partial charge is 0.497 e. The minimum absolute atomic E-state index is 0.00352. The molecule has 1 aromatic carbocycles. The van der Waals surface area contributed by atoms with Gasteiger partial charge in [-0.3, -0.25) is 0 Å². The molecule has 4 heteroatoms. The minimum atomic E-state index is 0.00352. The highest BCUT2D eigenvalue weighted by molar-refractivity contribution is 5.50. The first kappa shape index (κ1) is 13.4. The average molecular weight is 257 g/mol. The Balaban J connectivity index is 2.50. The molecule has 1 heterocycles. The normalized spacial score (nSPS) is 12.2. The van der Waals surface area contributed by atoms with Crippen LogP contribution in [-0.4, -0.2) is 19.1 Å². The highest BCUT2D eigenvalue weighted by atomic mass is 16.5. The van der Waals surface area contributed by atoms with Crippen LogP contribution in [-0.2, 0) is 0 Å². The summed E-state index contributed by atoms with van der Waals surface area (Å²) in [6, 6.07) is 9.93. The van der Waals surface area contributed by atoms with Crippen molar-refractivity contribution < 1.29 is 4.74 Å². The number of nitrogen functional groups attached to an aromatic ring is 1. The van der Waals surface area contributed by atoms with Gasteiger partial charge in [-0.25, -0.2) is 4.98 Å². The summed E-state index contributed by atoms with van der Waals surface area (Å²) in [6.07, 6.45) is 1.73. The number of rotatable bonds is 4. The molecule has 0 radical (unpaired) electrons. The summed E-state index contributed by atoms with van der Waals surface area (Å²) in [5.41, 5.74) is 9.26. The molecule has 100 valence electrons. The lowest BCUT2D eigenvalue weighted by Crippen LogP contribution is -2.20. The summed E-state index contributed by atoms with van der Waals surface area (Å²) in [7, 11) is 3.58. The van der Waals surface area contributed by atoms with E-state index in [1.807, 2.05) is 38.2 Å². The van der Waals surface area contributed by atoms with E-state index in [9.17, 15) is 0 Å². The number of anilines is 1. The van der Waals surface area contributed by atoms with Crippen LogP contribution >= 0.6 is 0 Å². The van der Waals surface area contributed by atoms with Crippen molar-refractivity contribution in [3.63, 3.8) is 0 Å². The molecule has 0 saturated carbocycles. The second-order valence-corrected chi connectivity index (χ2v) is 4.43. The molecule has 2 aromatic rings. The van der Waals surface area contributed by atoms with Gasteiger partial charge in [0.25, 0.3) is 0 Å². The molecular formula is C15H19N3O. The third-order valence-electron chi connectivity index (χ3n) is 3.24. The number of benzene rings is 1. The fourth-order valence-electron chi connectivity index (χ4n) is 2.27. The lowest BCUT2D eigenvalue weighted by Gasteiger charge is -2.21. The van der Waals surface area contributed by atoms with Crippen LogP contribution in [0.25, 0.3) is 0 Å². The first-order valence-electron chi connectivity index (χ1n) is 6.19. The van der Waals surface area contributed by atoms with E-state index in [0.717, 1.165) is 22.4 Å². The molecule has 0 amide bonds. The minimum Gasteiger partial charge on any atom is -0.497 e. The zero-order valence-electron chi connectivity index (χ0n) is 11.5. The number of methoxy groups -OCH3 is 1. The van der Waals surface area contributed by atoms with E-state index in [0.29, 0.717) is 5.82 Å². The van der Waals surface area contributed by atoms with E-state index in [2.05, 4.69) is 16.4 Å². The Morgan fingerprint density at radius 1 is 1.32 bits per heavy atom. The number of hydrogen-bond acceptors (Lipinski definition) is 4. The van der Waals surface area contributed by atoms with Crippen molar-refractivity contribution in [1.82, 2.24) is 10.3 Å². The summed E-state index contributed by atoms with van der Waals surface area (Å²) in [4.78, 5) is 4.18. The molecule has 0 aliphatic rings. The van der Waals surface area contributed by atoms with Crippen LogP contribution in [0.15, 0.2) is 36.5 Å². The van der Waals surface area contributed by atoms with E-state index < -0.39 is 0 Å². The Labute approximate surface area is 113 Å². The van der Waals surface area contributed by atoms with Crippen molar-refractivity contribution in [2.75, 3.05) is 19.9 Å². The standard InChI is InChI=1S/C15H19N3O/c1-10-7-8-18-15(16)13(10)14(17-2)11-5-4-6-12(9-11)19-3/h4-9,14,17H,1-3H3,(H2,16,18). The molecule has 3 N–H and O–H groups in total. The quantitative estimate of drug-likeness (QED) is 0.882. The molecule has 0 aliphatic carbocycles. The number of pyridine rings is 1. The first-order valence-corrected chi connectivity index (χ1v) is 6.19. The lowest BCUT2D eigenvalue weighted by atomic mass is 9.95. The van der Waals surface area contributed by atoms with Crippen molar-refractivity contribution in [2.24, 2.45) is 0 Å². The smallest absolute Gasteiger partial charge is 0.128 e. The molecule has 0 saturated heterocycles. The Morgan fingerprint density at radius 3 is 2.74 bits per heavy atom. The van der Waals surface area contributed by atoms with E-state index in [4.69, 9.17) is 10.5 Å². The zero-order valence-corrected chi connectivity index (χ0v) is 11.5. The second kappa shape index (κ2) is 5.71. The maximum absolute atomic E-state index is 6.02. The molecular weight excluding hydrogens is 238 g/mol. The van der Waals surface area contributed by atoms with Crippen LogP contribution in [0.4, 0.5) is 5.82 Å². The molecule has 1 unspecified atom stereocenters. The molecule has 1 atom stereocenters. The van der Waals surface area contributed by atoms with Crippen molar-refractivity contribution >= 4 is 5.82 Å². The van der Waals surface area contributed by atoms with E-state index >= 15 is 0 Å². The van der Waals surface area contributed by atoms with E-state index in [1.54, 1.807) is 13.3 Å². The van der Waals surface area contributed by atoms with Gasteiger partial charge in [0.2, 0.25) is 0 Å². The number of nitrogens with one attached hydrogen (secondary N) is 1. The number of hydrogen-bond donors (Lipinski definition) is 2. The van der Waals surface area contributed by atoms with Gasteiger partial charge < -0.3 is 15.8 Å². The Kier molecular flexibility index (Phi) is 4.02. The highest BCUT2D eigenvalue weighted by Gasteiger charge is 2.18.